The van der Waals surface area contributed by atoms with Gasteiger partial charge in [-0.2, -0.15) is 0 Å². The zero-order valence-electron chi connectivity index (χ0n) is 7.54. The molecular formula is C10H15NO. The quantitative estimate of drug-likeness (QED) is 0.706. The first-order valence-corrected chi connectivity index (χ1v) is 4.13. The van der Waals surface area contributed by atoms with Crippen molar-refractivity contribution in [2.45, 2.75) is 13.0 Å². The summed E-state index contributed by atoms with van der Waals surface area (Å²) in [5.41, 5.74) is 2.19. The van der Waals surface area contributed by atoms with Gasteiger partial charge in [-0.3, -0.25) is 0 Å². The van der Waals surface area contributed by atoms with E-state index in [9.17, 15) is 5.11 Å². The molecule has 2 nitrogen and oxygen atoms in total. The average Bonchev–Trinajstić information content (AvgIpc) is 2.06. The Bertz CT molecular complexity index is 230. The van der Waals surface area contributed by atoms with Crippen LogP contribution in [0.1, 0.15) is 17.2 Å². The highest BCUT2D eigenvalue weighted by Gasteiger charge is 2.03. The lowest BCUT2D eigenvalue weighted by Gasteiger charge is -2.09. The molecule has 0 heterocycles. The molecule has 0 radical (unpaired) electrons. The van der Waals surface area contributed by atoms with Crippen LogP contribution in [0.25, 0.3) is 0 Å². The van der Waals surface area contributed by atoms with Gasteiger partial charge in [0.25, 0.3) is 0 Å². The molecule has 0 saturated heterocycles. The molecule has 0 saturated carbocycles. The van der Waals surface area contributed by atoms with Crippen LogP contribution in [-0.4, -0.2) is 18.7 Å². The predicted octanol–water partition coefficient (Wildman–Crippen LogP) is 1.25. The molecular weight excluding hydrogens is 150 g/mol. The summed E-state index contributed by atoms with van der Waals surface area (Å²) in [6.45, 7) is 2.64. The topological polar surface area (TPSA) is 32.3 Å². The van der Waals surface area contributed by atoms with Gasteiger partial charge in [-0.1, -0.05) is 29.8 Å². The van der Waals surface area contributed by atoms with Crippen LogP contribution in [0.4, 0.5) is 0 Å². The Morgan fingerprint density at radius 2 is 1.92 bits per heavy atom. The van der Waals surface area contributed by atoms with Crippen molar-refractivity contribution >= 4 is 0 Å². The van der Waals surface area contributed by atoms with Gasteiger partial charge in [0.2, 0.25) is 0 Å². The molecule has 0 bridgehead atoms. The third-order valence-electron chi connectivity index (χ3n) is 1.86. The normalized spacial score (nSPS) is 12.9. The molecule has 0 aromatic heterocycles. The molecule has 2 heteroatoms. The van der Waals surface area contributed by atoms with Gasteiger partial charge in [-0.05, 0) is 19.5 Å². The summed E-state index contributed by atoms with van der Waals surface area (Å²) in [6.07, 6.45) is -0.393. The maximum Gasteiger partial charge on any atom is 0.0914 e. The Kier molecular flexibility index (Phi) is 3.26. The van der Waals surface area contributed by atoms with E-state index in [1.165, 1.54) is 5.56 Å². The summed E-state index contributed by atoms with van der Waals surface area (Å²) in [5, 5.41) is 12.5. The Morgan fingerprint density at radius 3 is 2.42 bits per heavy atom. The Balaban J connectivity index is 2.68. The average molecular weight is 165 g/mol. The van der Waals surface area contributed by atoms with Crippen molar-refractivity contribution in [1.82, 2.24) is 5.32 Å². The highest BCUT2D eigenvalue weighted by atomic mass is 16.3. The van der Waals surface area contributed by atoms with Gasteiger partial charge >= 0.3 is 0 Å². The summed E-state index contributed by atoms with van der Waals surface area (Å²) in [7, 11) is 1.83. The van der Waals surface area contributed by atoms with Crippen LogP contribution in [0, 0.1) is 6.92 Å². The maximum absolute atomic E-state index is 9.55. The van der Waals surface area contributed by atoms with Crippen LogP contribution >= 0.6 is 0 Å². The molecule has 12 heavy (non-hydrogen) atoms. The van der Waals surface area contributed by atoms with E-state index in [1.54, 1.807) is 0 Å². The van der Waals surface area contributed by atoms with Crippen molar-refractivity contribution in [3.8, 4) is 0 Å². The lowest BCUT2D eigenvalue weighted by molar-refractivity contribution is 0.178. The molecule has 1 unspecified atom stereocenters. The second-order valence-corrected chi connectivity index (χ2v) is 2.98. The number of aryl methyl sites for hydroxylation is 1. The fourth-order valence-corrected chi connectivity index (χ4v) is 1.10. The van der Waals surface area contributed by atoms with Crippen LogP contribution in [0.15, 0.2) is 24.3 Å². The van der Waals surface area contributed by atoms with Crippen LogP contribution < -0.4 is 5.32 Å². The van der Waals surface area contributed by atoms with Gasteiger partial charge in [0.05, 0.1) is 6.10 Å². The van der Waals surface area contributed by atoms with E-state index in [2.05, 4.69) is 5.32 Å². The van der Waals surface area contributed by atoms with E-state index >= 15 is 0 Å². The molecule has 1 atom stereocenters. The SMILES string of the molecule is CNCC(O)c1ccc(C)cc1. The van der Waals surface area contributed by atoms with Gasteiger partial charge in [-0.25, -0.2) is 0 Å². The molecule has 66 valence electrons. The van der Waals surface area contributed by atoms with Crippen LogP contribution in [0.3, 0.4) is 0 Å². The van der Waals surface area contributed by atoms with Gasteiger partial charge < -0.3 is 10.4 Å². The Labute approximate surface area is 73.2 Å². The van der Waals surface area contributed by atoms with Gasteiger partial charge in [0.1, 0.15) is 0 Å². The number of aliphatic hydroxyl groups is 1. The molecule has 2 N–H and O–H groups in total. The predicted molar refractivity (Wildman–Crippen MR) is 50.1 cm³/mol. The molecule has 0 aliphatic rings. The number of nitrogens with one attached hydrogen (secondary N) is 1. The smallest absolute Gasteiger partial charge is 0.0914 e. The van der Waals surface area contributed by atoms with E-state index in [1.807, 2.05) is 38.2 Å². The van der Waals surface area contributed by atoms with E-state index < -0.39 is 6.10 Å². The highest BCUT2D eigenvalue weighted by Crippen LogP contribution is 2.11. The fourth-order valence-electron chi connectivity index (χ4n) is 1.10. The third kappa shape index (κ3) is 2.32. The number of hydrogen-bond donors (Lipinski definition) is 2. The van der Waals surface area contributed by atoms with Gasteiger partial charge in [0.15, 0.2) is 0 Å². The van der Waals surface area contributed by atoms with Crippen molar-refractivity contribution in [2.24, 2.45) is 0 Å². The Morgan fingerprint density at radius 1 is 1.33 bits per heavy atom. The number of aliphatic hydroxyl groups excluding tert-OH is 1. The van der Waals surface area contributed by atoms with E-state index in [0.29, 0.717) is 6.54 Å². The van der Waals surface area contributed by atoms with Crippen LogP contribution in [0.5, 0.6) is 0 Å². The molecule has 0 fully saturated rings. The minimum atomic E-state index is -0.393. The number of likely N-dealkylation sites (N-methyl/N-ethyl adjacent to an activating group) is 1. The minimum Gasteiger partial charge on any atom is -0.387 e. The third-order valence-corrected chi connectivity index (χ3v) is 1.86. The monoisotopic (exact) mass is 165 g/mol. The fraction of sp³-hybridized carbons (Fsp3) is 0.400. The first-order valence-electron chi connectivity index (χ1n) is 4.13. The first kappa shape index (κ1) is 9.23. The molecule has 1 aromatic rings. The number of hydrogen-bond acceptors (Lipinski definition) is 2. The number of benzene rings is 1. The highest BCUT2D eigenvalue weighted by molar-refractivity contribution is 5.23. The molecule has 0 aliphatic carbocycles. The van der Waals surface area contributed by atoms with E-state index in [-0.39, 0.29) is 0 Å². The minimum absolute atomic E-state index is 0.393. The lowest BCUT2D eigenvalue weighted by atomic mass is 10.1. The lowest BCUT2D eigenvalue weighted by Crippen LogP contribution is -2.16. The van der Waals surface area contributed by atoms with E-state index in [0.717, 1.165) is 5.56 Å². The summed E-state index contributed by atoms with van der Waals surface area (Å²) in [4.78, 5) is 0. The Hall–Kier alpha value is -0.860. The largest absolute Gasteiger partial charge is 0.387 e. The van der Waals surface area contributed by atoms with Gasteiger partial charge in [0, 0.05) is 6.54 Å². The van der Waals surface area contributed by atoms with E-state index in [4.69, 9.17) is 0 Å². The molecule has 0 aliphatic heterocycles. The zero-order chi connectivity index (χ0) is 8.97. The van der Waals surface area contributed by atoms with Crippen molar-refractivity contribution in [2.75, 3.05) is 13.6 Å². The van der Waals surface area contributed by atoms with Crippen LogP contribution in [-0.2, 0) is 0 Å². The molecule has 0 amide bonds. The molecule has 1 aromatic carbocycles. The van der Waals surface area contributed by atoms with Crippen molar-refractivity contribution in [3.05, 3.63) is 35.4 Å². The molecule has 1 rings (SSSR count). The maximum atomic E-state index is 9.55. The summed E-state index contributed by atoms with van der Waals surface area (Å²) >= 11 is 0. The molecule has 0 spiro atoms. The van der Waals surface area contributed by atoms with Crippen molar-refractivity contribution in [1.29, 1.82) is 0 Å². The van der Waals surface area contributed by atoms with Crippen molar-refractivity contribution < 1.29 is 5.11 Å². The second-order valence-electron chi connectivity index (χ2n) is 2.98. The second kappa shape index (κ2) is 4.24. The van der Waals surface area contributed by atoms with Crippen LogP contribution in [0.2, 0.25) is 0 Å². The summed E-state index contributed by atoms with van der Waals surface area (Å²) < 4.78 is 0. The first-order chi connectivity index (χ1) is 5.74. The van der Waals surface area contributed by atoms with Crippen molar-refractivity contribution in [3.63, 3.8) is 0 Å². The van der Waals surface area contributed by atoms with Gasteiger partial charge in [-0.15, -0.1) is 0 Å². The summed E-state index contributed by atoms with van der Waals surface area (Å²) in [6, 6.07) is 7.93. The number of rotatable bonds is 3. The summed E-state index contributed by atoms with van der Waals surface area (Å²) in [5.74, 6) is 0. The standard InChI is InChI=1S/C10H15NO/c1-8-3-5-9(6-4-8)10(12)7-11-2/h3-6,10-12H,7H2,1-2H3. The zero-order valence-corrected chi connectivity index (χ0v) is 7.54.